The van der Waals surface area contributed by atoms with E-state index >= 15 is 0 Å². The van der Waals surface area contributed by atoms with Gasteiger partial charge in [-0.15, -0.1) is 0 Å². The number of carbonyl (C=O) groups is 2. The van der Waals surface area contributed by atoms with Crippen LogP contribution in [0.25, 0.3) is 10.9 Å². The maximum atomic E-state index is 12.8. The fourth-order valence-electron chi connectivity index (χ4n) is 5.04. The molecule has 2 aliphatic rings. The van der Waals surface area contributed by atoms with Crippen molar-refractivity contribution in [3.63, 3.8) is 0 Å². The molecule has 0 radical (unpaired) electrons. The van der Waals surface area contributed by atoms with Crippen LogP contribution in [0.2, 0.25) is 0 Å². The second-order valence-corrected chi connectivity index (χ2v) is 9.12. The Morgan fingerprint density at radius 1 is 1.22 bits per heavy atom. The van der Waals surface area contributed by atoms with E-state index in [4.69, 9.17) is 0 Å². The molecular formula is C25H29N5O2. The lowest BCUT2D eigenvalue weighted by molar-refractivity contribution is -0.129. The van der Waals surface area contributed by atoms with Crippen molar-refractivity contribution >= 4 is 22.7 Å². The number of fused-ring (bicyclic) bond motifs is 1. The Labute approximate surface area is 187 Å². The van der Waals surface area contributed by atoms with Crippen LogP contribution in [-0.4, -0.2) is 40.4 Å². The molecule has 7 nitrogen and oxygen atoms in total. The lowest BCUT2D eigenvalue weighted by atomic mass is 9.81. The smallest absolute Gasteiger partial charge is 0.242 e. The van der Waals surface area contributed by atoms with E-state index in [2.05, 4.69) is 50.2 Å². The third kappa shape index (κ3) is 4.00. The van der Waals surface area contributed by atoms with E-state index in [-0.39, 0.29) is 23.3 Å². The Balaban J connectivity index is 1.12. The van der Waals surface area contributed by atoms with Gasteiger partial charge in [-0.05, 0) is 61.8 Å². The van der Waals surface area contributed by atoms with Crippen LogP contribution >= 0.6 is 0 Å². The number of nitrogens with one attached hydrogen (secondary N) is 4. The molecule has 1 aromatic carbocycles. The Bertz CT molecular complexity index is 1090. The topological polar surface area (TPSA) is 98.9 Å². The number of aromatic amines is 1. The zero-order chi connectivity index (χ0) is 22.1. The van der Waals surface area contributed by atoms with Gasteiger partial charge in [-0.25, -0.2) is 0 Å². The molecule has 1 saturated carbocycles. The van der Waals surface area contributed by atoms with Gasteiger partial charge in [0.25, 0.3) is 0 Å². The summed E-state index contributed by atoms with van der Waals surface area (Å²) in [5.74, 6) is 0.143. The minimum Gasteiger partial charge on any atom is -0.357 e. The van der Waals surface area contributed by atoms with Crippen molar-refractivity contribution in [2.24, 2.45) is 5.92 Å². The highest BCUT2D eigenvalue weighted by atomic mass is 16.2. The zero-order valence-electron chi connectivity index (χ0n) is 18.2. The highest BCUT2D eigenvalue weighted by Crippen LogP contribution is 2.56. The predicted molar refractivity (Wildman–Crippen MR) is 123 cm³/mol. The third-order valence-electron chi connectivity index (χ3n) is 7.05. The summed E-state index contributed by atoms with van der Waals surface area (Å²) < 4.78 is 0. The van der Waals surface area contributed by atoms with Crippen molar-refractivity contribution in [1.82, 2.24) is 25.9 Å². The number of benzene rings is 1. The largest absolute Gasteiger partial charge is 0.357 e. The maximum Gasteiger partial charge on any atom is 0.242 e. The van der Waals surface area contributed by atoms with Gasteiger partial charge in [0, 0.05) is 29.0 Å². The highest BCUT2D eigenvalue weighted by Gasteiger charge is 2.53. The van der Waals surface area contributed by atoms with E-state index in [9.17, 15) is 9.59 Å². The number of hydrogen-bond donors (Lipinski definition) is 4. The number of aromatic nitrogens is 2. The first-order valence-electron chi connectivity index (χ1n) is 11.3. The lowest BCUT2D eigenvalue weighted by Crippen LogP contribution is -2.49. The predicted octanol–water partition coefficient (Wildman–Crippen LogP) is 2.39. The lowest BCUT2D eigenvalue weighted by Gasteiger charge is -2.23. The number of H-pyrrole nitrogens is 1. The molecule has 2 aromatic heterocycles. The summed E-state index contributed by atoms with van der Waals surface area (Å²) in [7, 11) is 0. The normalized spacial score (nSPS) is 22.4. The maximum absolute atomic E-state index is 12.8. The molecule has 7 heteroatoms. The van der Waals surface area contributed by atoms with Crippen molar-refractivity contribution in [3.8, 4) is 0 Å². The molecule has 4 N–H and O–H groups in total. The van der Waals surface area contributed by atoms with Gasteiger partial charge in [-0.1, -0.05) is 30.3 Å². The van der Waals surface area contributed by atoms with Gasteiger partial charge >= 0.3 is 0 Å². The van der Waals surface area contributed by atoms with E-state index < -0.39 is 6.04 Å². The number of rotatable bonds is 7. The molecule has 2 fully saturated rings. The van der Waals surface area contributed by atoms with Gasteiger partial charge in [0.1, 0.15) is 6.04 Å². The number of carbonyl (C=O) groups excluding carboxylic acids is 2. The molecule has 2 amide bonds. The van der Waals surface area contributed by atoms with Crippen LogP contribution in [0.1, 0.15) is 37.4 Å². The van der Waals surface area contributed by atoms with E-state index in [0.717, 1.165) is 29.6 Å². The molecule has 1 saturated heterocycles. The summed E-state index contributed by atoms with van der Waals surface area (Å²) in [5, 5.41) is 10.2. The molecule has 3 aromatic rings. The second-order valence-electron chi connectivity index (χ2n) is 9.12. The molecule has 32 heavy (non-hydrogen) atoms. The second kappa shape index (κ2) is 8.39. The zero-order valence-corrected chi connectivity index (χ0v) is 18.2. The Kier molecular flexibility index (Phi) is 5.43. The summed E-state index contributed by atoms with van der Waals surface area (Å²) in [6.07, 6.45) is 6.68. The molecule has 3 atom stereocenters. The number of hydrogen-bond acceptors (Lipinski definition) is 4. The van der Waals surface area contributed by atoms with Crippen LogP contribution in [0.15, 0.2) is 54.9 Å². The Morgan fingerprint density at radius 3 is 2.78 bits per heavy atom. The summed E-state index contributed by atoms with van der Waals surface area (Å²) in [6.45, 7) is 2.93. The van der Waals surface area contributed by atoms with Crippen LogP contribution in [0.5, 0.6) is 0 Å². The van der Waals surface area contributed by atoms with Crippen molar-refractivity contribution in [3.05, 3.63) is 66.1 Å². The van der Waals surface area contributed by atoms with Crippen molar-refractivity contribution in [2.45, 2.75) is 50.2 Å². The highest BCUT2D eigenvalue weighted by molar-refractivity contribution is 5.89. The van der Waals surface area contributed by atoms with Crippen LogP contribution < -0.4 is 16.0 Å². The molecule has 3 heterocycles. The number of amides is 2. The quantitative estimate of drug-likeness (QED) is 0.462. The Morgan fingerprint density at radius 2 is 2.03 bits per heavy atom. The summed E-state index contributed by atoms with van der Waals surface area (Å²) in [5.41, 5.74) is 3.47. The first-order chi connectivity index (χ1) is 15.5. The molecule has 1 aliphatic heterocycles. The average Bonchev–Trinajstić information content (AvgIpc) is 3.28. The molecular weight excluding hydrogens is 402 g/mol. The van der Waals surface area contributed by atoms with Gasteiger partial charge < -0.3 is 20.9 Å². The van der Waals surface area contributed by atoms with E-state index in [1.54, 1.807) is 19.3 Å². The first-order valence-corrected chi connectivity index (χ1v) is 11.3. The van der Waals surface area contributed by atoms with Gasteiger partial charge in [-0.3, -0.25) is 14.6 Å². The van der Waals surface area contributed by atoms with Gasteiger partial charge in [0.05, 0.1) is 12.6 Å². The molecule has 166 valence electrons. The Hall–Kier alpha value is -3.19. The monoisotopic (exact) mass is 431 g/mol. The molecule has 0 spiro atoms. The summed E-state index contributed by atoms with van der Waals surface area (Å²) >= 11 is 0. The van der Waals surface area contributed by atoms with Gasteiger partial charge in [0.15, 0.2) is 0 Å². The molecule has 0 bridgehead atoms. The number of pyridine rings is 1. The van der Waals surface area contributed by atoms with E-state index in [1.165, 1.54) is 18.4 Å². The summed E-state index contributed by atoms with van der Waals surface area (Å²) in [4.78, 5) is 32.7. The van der Waals surface area contributed by atoms with Crippen molar-refractivity contribution < 1.29 is 9.59 Å². The number of nitrogens with zero attached hydrogens (tertiary/aromatic N) is 1. The van der Waals surface area contributed by atoms with Crippen LogP contribution in [0, 0.1) is 5.92 Å². The average molecular weight is 432 g/mol. The minimum atomic E-state index is -0.599. The summed E-state index contributed by atoms with van der Waals surface area (Å²) in [6, 6.07) is 13.7. The van der Waals surface area contributed by atoms with Crippen LogP contribution in [-0.2, 0) is 21.5 Å². The van der Waals surface area contributed by atoms with Crippen LogP contribution in [0.3, 0.4) is 0 Å². The molecule has 1 aliphatic carbocycles. The fourth-order valence-corrected chi connectivity index (χ4v) is 5.04. The molecule has 5 rings (SSSR count). The SMILES string of the molecule is CC(NC(=O)[C@H]1C[C@H](C2(c3ccccc3)CC2)CN1)C(=O)NCc1cc2cnccc2[nH]1. The van der Waals surface area contributed by atoms with Gasteiger partial charge in [0.2, 0.25) is 11.8 Å². The fraction of sp³-hybridized carbons (Fsp3) is 0.400. The first kappa shape index (κ1) is 20.7. The van der Waals surface area contributed by atoms with Crippen molar-refractivity contribution in [2.75, 3.05) is 6.54 Å². The third-order valence-corrected chi connectivity index (χ3v) is 7.05. The van der Waals surface area contributed by atoms with Crippen molar-refractivity contribution in [1.29, 1.82) is 0 Å². The van der Waals surface area contributed by atoms with Crippen LogP contribution in [0.4, 0.5) is 0 Å². The van der Waals surface area contributed by atoms with E-state index in [1.807, 2.05) is 18.2 Å². The minimum absolute atomic E-state index is 0.101. The standard InChI is InChI=1S/C25H29N5O2/c1-16(23(31)28-15-20-11-17-13-26-10-7-21(17)30-20)29-24(32)22-12-19(14-27-22)25(8-9-25)18-5-3-2-4-6-18/h2-7,10-11,13,16,19,22,27,30H,8-9,12,14-15H2,1H3,(H,28,31)(H,29,32)/t16?,19-,22+/m0/s1. The van der Waals surface area contributed by atoms with E-state index in [0.29, 0.717) is 12.5 Å². The molecule has 1 unspecified atom stereocenters. The van der Waals surface area contributed by atoms with Gasteiger partial charge in [-0.2, -0.15) is 0 Å².